The molecule has 1 saturated heterocycles. The highest BCUT2D eigenvalue weighted by Gasteiger charge is 2.27. The molecule has 0 aliphatic carbocycles. The molecule has 0 radical (unpaired) electrons. The third-order valence-corrected chi connectivity index (χ3v) is 6.75. The quantitative estimate of drug-likeness (QED) is 0.443. The average Bonchev–Trinajstić information content (AvgIpc) is 3.59. The second-order valence-corrected chi connectivity index (χ2v) is 9.62. The molecule has 2 heterocycles. The zero-order chi connectivity index (χ0) is 25.3. The molecule has 1 aliphatic rings. The Hall–Kier alpha value is -3.74. The number of ether oxygens (including phenoxy) is 1. The highest BCUT2D eigenvalue weighted by Crippen LogP contribution is 2.18. The van der Waals surface area contributed by atoms with Gasteiger partial charge in [-0.25, -0.2) is 9.18 Å². The molecule has 1 fully saturated rings. The molecule has 1 N–H and O–H groups in total. The van der Waals surface area contributed by atoms with Crippen LogP contribution in [-0.2, 0) is 22.6 Å². The molecule has 1 atom stereocenters. The number of carbonyl (C=O) groups excluding carboxylic acids is 2. The molecular formula is C27H27FN4O3S. The molecule has 3 aromatic rings. The summed E-state index contributed by atoms with van der Waals surface area (Å²) < 4.78 is 19.1. The summed E-state index contributed by atoms with van der Waals surface area (Å²) in [5.41, 5.74) is 1.82. The Bertz CT molecular complexity index is 1190. The number of hydrogen-bond donors (Lipinski definition) is 1. The van der Waals surface area contributed by atoms with Crippen LogP contribution in [-0.4, -0.2) is 47.5 Å². The Labute approximate surface area is 213 Å². The van der Waals surface area contributed by atoms with E-state index in [0.717, 1.165) is 23.3 Å². The largest absolute Gasteiger partial charge is 0.376 e. The number of nitrogens with zero attached hydrogens (tertiary/aromatic N) is 3. The van der Waals surface area contributed by atoms with Gasteiger partial charge in [0.05, 0.1) is 24.3 Å². The first-order valence-corrected chi connectivity index (χ1v) is 12.6. The van der Waals surface area contributed by atoms with Crippen molar-refractivity contribution in [2.75, 3.05) is 25.0 Å². The van der Waals surface area contributed by atoms with Gasteiger partial charge in [-0.3, -0.25) is 4.79 Å². The normalized spacial score (nSPS) is 14.7. The van der Waals surface area contributed by atoms with Crippen LogP contribution in [0.2, 0.25) is 0 Å². The maximum atomic E-state index is 13.5. The maximum absolute atomic E-state index is 13.5. The summed E-state index contributed by atoms with van der Waals surface area (Å²) in [6.07, 6.45) is 1.61. The third-order valence-electron chi connectivity index (χ3n) is 5.89. The predicted molar refractivity (Wildman–Crippen MR) is 136 cm³/mol. The number of nitriles is 1. The van der Waals surface area contributed by atoms with E-state index in [1.54, 1.807) is 52.6 Å². The maximum Gasteiger partial charge on any atom is 0.322 e. The minimum atomic E-state index is -0.415. The summed E-state index contributed by atoms with van der Waals surface area (Å²) in [6.45, 7) is 1.48. The number of halogens is 1. The summed E-state index contributed by atoms with van der Waals surface area (Å²) >= 11 is 1.55. The molecule has 3 amide bonds. The van der Waals surface area contributed by atoms with Gasteiger partial charge >= 0.3 is 6.03 Å². The van der Waals surface area contributed by atoms with Gasteiger partial charge in [-0.1, -0.05) is 18.2 Å². The van der Waals surface area contributed by atoms with Gasteiger partial charge in [0.1, 0.15) is 12.4 Å². The summed E-state index contributed by atoms with van der Waals surface area (Å²) in [5, 5.41) is 13.8. The highest BCUT2D eigenvalue weighted by atomic mass is 32.1. The van der Waals surface area contributed by atoms with Crippen molar-refractivity contribution in [1.82, 2.24) is 9.80 Å². The van der Waals surface area contributed by atoms with E-state index < -0.39 is 6.03 Å². The van der Waals surface area contributed by atoms with Crippen LogP contribution in [0.4, 0.5) is 14.9 Å². The smallest absolute Gasteiger partial charge is 0.322 e. The zero-order valence-corrected chi connectivity index (χ0v) is 20.5. The van der Waals surface area contributed by atoms with Crippen LogP contribution in [0, 0.1) is 17.1 Å². The fraction of sp³-hybridized carbons (Fsp3) is 0.296. The summed E-state index contributed by atoms with van der Waals surface area (Å²) in [5.74, 6) is -0.558. The standard InChI is InChI=1S/C27H27FN4O3S/c28-22-9-5-21(6-10-22)16-31(18-25-4-2-14-36-25)26(33)19-32(17-24-3-1-13-35-24)27(34)30-23-11-7-20(15-29)8-12-23/h2,4-12,14,24H,1,3,13,16-19H2,(H,30,34)/t24-/m0/s1. The first-order chi connectivity index (χ1) is 17.5. The summed E-state index contributed by atoms with van der Waals surface area (Å²) in [7, 11) is 0. The van der Waals surface area contributed by atoms with Gasteiger partial charge in [-0.05, 0) is 66.2 Å². The highest BCUT2D eigenvalue weighted by molar-refractivity contribution is 7.09. The van der Waals surface area contributed by atoms with Crippen LogP contribution < -0.4 is 5.32 Å². The molecule has 0 saturated carbocycles. The van der Waals surface area contributed by atoms with Crippen molar-refractivity contribution in [3.63, 3.8) is 0 Å². The first-order valence-electron chi connectivity index (χ1n) is 11.7. The van der Waals surface area contributed by atoms with E-state index in [2.05, 4.69) is 5.32 Å². The Morgan fingerprint density at radius 3 is 2.50 bits per heavy atom. The van der Waals surface area contributed by atoms with Gasteiger partial charge < -0.3 is 19.9 Å². The molecule has 0 bridgehead atoms. The summed E-state index contributed by atoms with van der Waals surface area (Å²) in [4.78, 5) is 30.9. The first kappa shape index (κ1) is 25.4. The van der Waals surface area contributed by atoms with E-state index in [0.29, 0.717) is 30.9 Å². The second kappa shape index (κ2) is 12.3. The second-order valence-electron chi connectivity index (χ2n) is 8.59. The molecule has 7 nitrogen and oxygen atoms in total. The number of nitrogens with one attached hydrogen (secondary N) is 1. The lowest BCUT2D eigenvalue weighted by Crippen LogP contribution is -2.46. The molecule has 1 aromatic heterocycles. The van der Waals surface area contributed by atoms with Crippen molar-refractivity contribution in [3.8, 4) is 6.07 Å². The Kier molecular flexibility index (Phi) is 8.66. The average molecular weight is 507 g/mol. The lowest BCUT2D eigenvalue weighted by Gasteiger charge is -2.29. The number of amides is 3. The lowest BCUT2D eigenvalue weighted by molar-refractivity contribution is -0.133. The topological polar surface area (TPSA) is 85.7 Å². The molecule has 186 valence electrons. The van der Waals surface area contributed by atoms with Gasteiger partial charge in [-0.15, -0.1) is 11.3 Å². The van der Waals surface area contributed by atoms with E-state index in [-0.39, 0.29) is 30.9 Å². The Morgan fingerprint density at radius 1 is 1.08 bits per heavy atom. The van der Waals surface area contributed by atoms with Gasteiger partial charge in [0.25, 0.3) is 0 Å². The molecular weight excluding hydrogens is 479 g/mol. The SMILES string of the molecule is N#Cc1ccc(NC(=O)N(CC(=O)N(Cc2ccc(F)cc2)Cc2cccs2)C[C@@H]2CCCO2)cc1. The van der Waals surface area contributed by atoms with Gasteiger partial charge in [0, 0.05) is 30.3 Å². The van der Waals surface area contributed by atoms with Crippen LogP contribution in [0.3, 0.4) is 0 Å². The molecule has 2 aromatic carbocycles. The van der Waals surface area contributed by atoms with E-state index in [1.807, 2.05) is 23.6 Å². The Morgan fingerprint density at radius 2 is 1.86 bits per heavy atom. The molecule has 36 heavy (non-hydrogen) atoms. The lowest BCUT2D eigenvalue weighted by atomic mass is 10.2. The van der Waals surface area contributed by atoms with E-state index in [4.69, 9.17) is 10.00 Å². The van der Waals surface area contributed by atoms with Crippen LogP contribution in [0.25, 0.3) is 0 Å². The number of urea groups is 1. The zero-order valence-electron chi connectivity index (χ0n) is 19.7. The number of hydrogen-bond acceptors (Lipinski definition) is 5. The predicted octanol–water partition coefficient (Wildman–Crippen LogP) is 5.00. The van der Waals surface area contributed by atoms with Crippen molar-refractivity contribution in [1.29, 1.82) is 5.26 Å². The van der Waals surface area contributed by atoms with Gasteiger partial charge in [0.15, 0.2) is 0 Å². The fourth-order valence-electron chi connectivity index (χ4n) is 3.98. The summed E-state index contributed by atoms with van der Waals surface area (Å²) in [6, 6.07) is 18.1. The van der Waals surface area contributed by atoms with Crippen LogP contribution in [0.15, 0.2) is 66.0 Å². The molecule has 4 rings (SSSR count). The van der Waals surface area contributed by atoms with Gasteiger partial charge in [0.2, 0.25) is 5.91 Å². The number of anilines is 1. The van der Waals surface area contributed by atoms with Crippen molar-refractivity contribution < 1.29 is 18.7 Å². The van der Waals surface area contributed by atoms with Crippen molar-refractivity contribution in [3.05, 3.63) is 87.9 Å². The minimum absolute atomic E-state index is 0.130. The van der Waals surface area contributed by atoms with E-state index in [9.17, 15) is 14.0 Å². The third kappa shape index (κ3) is 7.13. The van der Waals surface area contributed by atoms with E-state index >= 15 is 0 Å². The van der Waals surface area contributed by atoms with E-state index in [1.165, 1.54) is 17.0 Å². The number of carbonyl (C=O) groups is 2. The van der Waals surface area contributed by atoms with Crippen molar-refractivity contribution in [2.45, 2.75) is 32.0 Å². The Balaban J connectivity index is 1.50. The van der Waals surface area contributed by atoms with Crippen molar-refractivity contribution >= 4 is 29.0 Å². The minimum Gasteiger partial charge on any atom is -0.376 e. The van der Waals surface area contributed by atoms with Crippen LogP contribution in [0.5, 0.6) is 0 Å². The van der Waals surface area contributed by atoms with Crippen LogP contribution in [0.1, 0.15) is 28.8 Å². The number of thiophene rings is 1. The van der Waals surface area contributed by atoms with Gasteiger partial charge in [-0.2, -0.15) is 5.26 Å². The molecule has 0 unspecified atom stereocenters. The fourth-order valence-corrected chi connectivity index (χ4v) is 4.70. The monoisotopic (exact) mass is 506 g/mol. The molecule has 9 heteroatoms. The van der Waals surface area contributed by atoms with Crippen LogP contribution >= 0.6 is 11.3 Å². The number of benzene rings is 2. The molecule has 1 aliphatic heterocycles. The molecule has 0 spiro atoms. The van der Waals surface area contributed by atoms with Crippen molar-refractivity contribution in [2.24, 2.45) is 0 Å². The number of rotatable bonds is 9.